The Morgan fingerprint density at radius 2 is 2.06 bits per heavy atom. The fourth-order valence-electron chi connectivity index (χ4n) is 1.96. The zero-order valence-electron chi connectivity index (χ0n) is 9.86. The summed E-state index contributed by atoms with van der Waals surface area (Å²) in [7, 11) is 1.86. The Bertz CT molecular complexity index is 372. The van der Waals surface area contributed by atoms with Gasteiger partial charge in [0.1, 0.15) is 0 Å². The Morgan fingerprint density at radius 1 is 1.38 bits per heavy atom. The van der Waals surface area contributed by atoms with Crippen molar-refractivity contribution in [2.75, 3.05) is 13.6 Å². The molecule has 1 heterocycles. The van der Waals surface area contributed by atoms with Crippen molar-refractivity contribution in [1.82, 2.24) is 10.2 Å². The molecule has 0 radical (unpaired) electrons. The van der Waals surface area contributed by atoms with Crippen molar-refractivity contribution >= 4 is 5.91 Å². The van der Waals surface area contributed by atoms with Crippen LogP contribution < -0.4 is 5.32 Å². The number of aryl methyl sites for hydroxylation is 1. The molecule has 1 fully saturated rings. The summed E-state index contributed by atoms with van der Waals surface area (Å²) < 4.78 is 0. The Kier molecular flexibility index (Phi) is 3.25. The van der Waals surface area contributed by atoms with Crippen molar-refractivity contribution in [3.8, 4) is 0 Å². The standard InChI is InChI=1S/C13H18N2O/c1-10-3-5-11(6-4-10)9-14-12-7-8-15(2)13(12)16/h3-6,12,14H,7-9H2,1-2H3. The Hall–Kier alpha value is -1.35. The molecule has 1 N–H and O–H groups in total. The van der Waals surface area contributed by atoms with Crippen LogP contribution in [0.2, 0.25) is 0 Å². The molecule has 0 bridgehead atoms. The van der Waals surface area contributed by atoms with E-state index in [0.29, 0.717) is 0 Å². The predicted octanol–water partition coefficient (Wildman–Crippen LogP) is 1.32. The van der Waals surface area contributed by atoms with Gasteiger partial charge in [0.05, 0.1) is 6.04 Å². The number of carbonyl (C=O) groups is 1. The van der Waals surface area contributed by atoms with Crippen LogP contribution in [0.5, 0.6) is 0 Å². The summed E-state index contributed by atoms with van der Waals surface area (Å²) >= 11 is 0. The molecular weight excluding hydrogens is 200 g/mol. The van der Waals surface area contributed by atoms with Crippen LogP contribution in [0, 0.1) is 6.92 Å². The summed E-state index contributed by atoms with van der Waals surface area (Å²) in [6.07, 6.45) is 0.918. The van der Waals surface area contributed by atoms with Crippen LogP contribution in [-0.2, 0) is 11.3 Å². The minimum absolute atomic E-state index is 0.00584. The highest BCUT2D eigenvalue weighted by Gasteiger charge is 2.27. The van der Waals surface area contributed by atoms with Gasteiger partial charge in [-0.15, -0.1) is 0 Å². The minimum atomic E-state index is 0.00584. The molecule has 3 heteroatoms. The number of hydrogen-bond donors (Lipinski definition) is 1. The maximum Gasteiger partial charge on any atom is 0.239 e. The molecular formula is C13H18N2O. The van der Waals surface area contributed by atoms with Crippen LogP contribution >= 0.6 is 0 Å². The molecule has 86 valence electrons. The maximum atomic E-state index is 11.6. The Labute approximate surface area is 96.5 Å². The van der Waals surface area contributed by atoms with E-state index >= 15 is 0 Å². The van der Waals surface area contributed by atoms with Crippen molar-refractivity contribution in [1.29, 1.82) is 0 Å². The molecule has 3 nitrogen and oxygen atoms in total. The largest absolute Gasteiger partial charge is 0.344 e. The van der Waals surface area contributed by atoms with Crippen LogP contribution in [0.3, 0.4) is 0 Å². The van der Waals surface area contributed by atoms with Crippen molar-refractivity contribution in [2.45, 2.75) is 25.9 Å². The fourth-order valence-corrected chi connectivity index (χ4v) is 1.96. The highest BCUT2D eigenvalue weighted by Crippen LogP contribution is 2.10. The Morgan fingerprint density at radius 3 is 2.62 bits per heavy atom. The lowest BCUT2D eigenvalue weighted by molar-refractivity contribution is -0.128. The van der Waals surface area contributed by atoms with E-state index in [1.807, 2.05) is 7.05 Å². The average molecular weight is 218 g/mol. The van der Waals surface area contributed by atoms with Gasteiger partial charge in [-0.2, -0.15) is 0 Å². The highest BCUT2D eigenvalue weighted by molar-refractivity contribution is 5.83. The summed E-state index contributed by atoms with van der Waals surface area (Å²) in [5, 5.41) is 3.31. The molecule has 2 rings (SSSR count). The molecule has 1 amide bonds. The van der Waals surface area contributed by atoms with E-state index in [0.717, 1.165) is 19.5 Å². The van der Waals surface area contributed by atoms with Gasteiger partial charge in [-0.3, -0.25) is 4.79 Å². The van der Waals surface area contributed by atoms with E-state index in [1.165, 1.54) is 11.1 Å². The second-order valence-corrected chi connectivity index (χ2v) is 4.47. The van der Waals surface area contributed by atoms with Gasteiger partial charge in [-0.1, -0.05) is 29.8 Å². The lowest BCUT2D eigenvalue weighted by atomic mass is 10.1. The zero-order valence-corrected chi connectivity index (χ0v) is 9.86. The molecule has 1 aromatic carbocycles. The summed E-state index contributed by atoms with van der Waals surface area (Å²) in [5.74, 6) is 0.215. The summed E-state index contributed by atoms with van der Waals surface area (Å²) in [6.45, 7) is 3.71. The van der Waals surface area contributed by atoms with Crippen molar-refractivity contribution in [3.05, 3.63) is 35.4 Å². The Balaban J connectivity index is 1.88. The molecule has 1 aliphatic rings. The number of hydrogen-bond acceptors (Lipinski definition) is 2. The van der Waals surface area contributed by atoms with Gasteiger partial charge in [-0.05, 0) is 18.9 Å². The smallest absolute Gasteiger partial charge is 0.239 e. The van der Waals surface area contributed by atoms with Crippen LogP contribution in [0.4, 0.5) is 0 Å². The maximum absolute atomic E-state index is 11.6. The lowest BCUT2D eigenvalue weighted by Crippen LogP contribution is -2.36. The van der Waals surface area contributed by atoms with Gasteiger partial charge in [0, 0.05) is 20.1 Å². The number of rotatable bonds is 3. The van der Waals surface area contributed by atoms with E-state index in [-0.39, 0.29) is 11.9 Å². The van der Waals surface area contributed by atoms with E-state index in [1.54, 1.807) is 4.90 Å². The van der Waals surface area contributed by atoms with E-state index in [4.69, 9.17) is 0 Å². The topological polar surface area (TPSA) is 32.3 Å². The molecule has 0 aliphatic carbocycles. The zero-order chi connectivity index (χ0) is 11.5. The number of nitrogens with zero attached hydrogens (tertiary/aromatic N) is 1. The molecule has 1 unspecified atom stereocenters. The number of amides is 1. The normalized spacial score (nSPS) is 20.5. The summed E-state index contributed by atoms with van der Waals surface area (Å²) in [4.78, 5) is 13.4. The van der Waals surface area contributed by atoms with Crippen LogP contribution in [0.25, 0.3) is 0 Å². The van der Waals surface area contributed by atoms with E-state index < -0.39 is 0 Å². The van der Waals surface area contributed by atoms with Gasteiger partial charge < -0.3 is 10.2 Å². The van der Waals surface area contributed by atoms with Crippen molar-refractivity contribution in [2.24, 2.45) is 0 Å². The first-order valence-electron chi connectivity index (χ1n) is 5.71. The number of benzene rings is 1. The predicted molar refractivity (Wildman–Crippen MR) is 64.1 cm³/mol. The number of nitrogens with one attached hydrogen (secondary N) is 1. The van der Waals surface area contributed by atoms with Crippen LogP contribution in [0.1, 0.15) is 17.5 Å². The third kappa shape index (κ3) is 2.42. The number of likely N-dealkylation sites (tertiary alicyclic amines) is 1. The molecule has 16 heavy (non-hydrogen) atoms. The SMILES string of the molecule is Cc1ccc(CNC2CCN(C)C2=O)cc1. The first kappa shape index (κ1) is 11.1. The highest BCUT2D eigenvalue weighted by atomic mass is 16.2. The first-order valence-corrected chi connectivity index (χ1v) is 5.71. The van der Waals surface area contributed by atoms with Crippen LogP contribution in [0.15, 0.2) is 24.3 Å². The number of carbonyl (C=O) groups excluding carboxylic acids is 1. The van der Waals surface area contributed by atoms with Crippen molar-refractivity contribution in [3.63, 3.8) is 0 Å². The van der Waals surface area contributed by atoms with E-state index in [9.17, 15) is 4.79 Å². The van der Waals surface area contributed by atoms with Gasteiger partial charge in [0.2, 0.25) is 5.91 Å². The minimum Gasteiger partial charge on any atom is -0.344 e. The van der Waals surface area contributed by atoms with E-state index in [2.05, 4.69) is 36.5 Å². The second kappa shape index (κ2) is 4.66. The molecule has 0 saturated carbocycles. The first-order chi connectivity index (χ1) is 7.66. The molecule has 1 aliphatic heterocycles. The van der Waals surface area contributed by atoms with Gasteiger partial charge in [0.25, 0.3) is 0 Å². The lowest BCUT2D eigenvalue weighted by Gasteiger charge is -2.12. The summed E-state index contributed by atoms with van der Waals surface area (Å²) in [5.41, 5.74) is 2.49. The quantitative estimate of drug-likeness (QED) is 0.829. The molecule has 0 aromatic heterocycles. The average Bonchev–Trinajstić information content (AvgIpc) is 2.60. The van der Waals surface area contributed by atoms with Crippen LogP contribution in [-0.4, -0.2) is 30.4 Å². The van der Waals surface area contributed by atoms with Crippen molar-refractivity contribution < 1.29 is 4.79 Å². The monoisotopic (exact) mass is 218 g/mol. The third-order valence-corrected chi connectivity index (χ3v) is 3.10. The molecule has 1 atom stereocenters. The molecule has 0 spiro atoms. The fraction of sp³-hybridized carbons (Fsp3) is 0.462. The van der Waals surface area contributed by atoms with Gasteiger partial charge in [0.15, 0.2) is 0 Å². The molecule has 1 aromatic rings. The molecule has 1 saturated heterocycles. The third-order valence-electron chi connectivity index (χ3n) is 3.10. The van der Waals surface area contributed by atoms with Gasteiger partial charge >= 0.3 is 0 Å². The number of likely N-dealkylation sites (N-methyl/N-ethyl adjacent to an activating group) is 1. The second-order valence-electron chi connectivity index (χ2n) is 4.47. The summed E-state index contributed by atoms with van der Waals surface area (Å²) in [6, 6.07) is 8.40. The van der Waals surface area contributed by atoms with Gasteiger partial charge in [-0.25, -0.2) is 0 Å².